The first kappa shape index (κ1) is 12.5. The van der Waals surface area contributed by atoms with Crippen molar-refractivity contribution >= 4 is 11.6 Å². The van der Waals surface area contributed by atoms with Crippen LogP contribution in [0.2, 0.25) is 5.15 Å². The molecule has 0 saturated heterocycles. The molecule has 3 nitrogen and oxygen atoms in total. The van der Waals surface area contributed by atoms with Crippen molar-refractivity contribution in [3.63, 3.8) is 0 Å². The maximum absolute atomic E-state index is 6.31. The van der Waals surface area contributed by atoms with E-state index in [1.165, 1.54) is 12.8 Å². The smallest absolute Gasteiger partial charge is 0.180 e. The number of fused-ring (bicyclic) bond motifs is 1. The van der Waals surface area contributed by atoms with Crippen LogP contribution in [0.5, 0.6) is 0 Å². The topological polar surface area (TPSA) is 38.7 Å². The molecule has 1 aliphatic carbocycles. The lowest BCUT2D eigenvalue weighted by molar-refractivity contribution is 0.663. The van der Waals surface area contributed by atoms with Crippen molar-refractivity contribution in [1.29, 1.82) is 0 Å². The Bertz CT molecular complexity index is 610. The van der Waals surface area contributed by atoms with Crippen LogP contribution in [0.3, 0.4) is 0 Å². The van der Waals surface area contributed by atoms with Crippen molar-refractivity contribution in [2.75, 3.05) is 0 Å². The first-order chi connectivity index (χ1) is 9.29. The zero-order valence-corrected chi connectivity index (χ0v) is 11.7. The first-order valence-electron chi connectivity index (χ1n) is 6.79. The fourth-order valence-electron chi connectivity index (χ4n) is 2.58. The zero-order chi connectivity index (χ0) is 13.2. The van der Waals surface area contributed by atoms with Gasteiger partial charge in [-0.1, -0.05) is 24.6 Å². The van der Waals surface area contributed by atoms with Gasteiger partial charge in [0, 0.05) is 17.5 Å². The molecule has 0 radical (unpaired) electrons. The number of pyridine rings is 1. The third kappa shape index (κ3) is 2.35. The molecule has 0 spiro atoms. The number of rotatable bonds is 2. The summed E-state index contributed by atoms with van der Waals surface area (Å²) >= 11 is 6.31. The largest absolute Gasteiger partial charge is 0.253 e. The molecular weight excluding hydrogens is 258 g/mol. The van der Waals surface area contributed by atoms with E-state index in [4.69, 9.17) is 16.6 Å². The van der Waals surface area contributed by atoms with Gasteiger partial charge in [-0.2, -0.15) is 0 Å². The molecule has 1 aliphatic rings. The van der Waals surface area contributed by atoms with Crippen LogP contribution in [0.25, 0.3) is 11.5 Å². The monoisotopic (exact) mass is 273 g/mol. The Morgan fingerprint density at radius 3 is 2.89 bits per heavy atom. The minimum atomic E-state index is 0.604. The van der Waals surface area contributed by atoms with Gasteiger partial charge < -0.3 is 0 Å². The average Bonchev–Trinajstić information content (AvgIpc) is 2.47. The highest BCUT2D eigenvalue weighted by molar-refractivity contribution is 6.30. The van der Waals surface area contributed by atoms with Crippen molar-refractivity contribution in [3.05, 3.63) is 40.3 Å². The van der Waals surface area contributed by atoms with E-state index >= 15 is 0 Å². The maximum Gasteiger partial charge on any atom is 0.180 e. The molecule has 2 aromatic heterocycles. The van der Waals surface area contributed by atoms with E-state index in [-0.39, 0.29) is 0 Å². The molecule has 2 heterocycles. The summed E-state index contributed by atoms with van der Waals surface area (Å²) in [5.74, 6) is 0.670. The standard InChI is InChI=1S/C15H16ClN3/c1-2-10-6-5-9-17-13(10)15-18-12-8-4-3-7-11(12)14(16)19-15/h5-6,9H,2-4,7-8H2,1H3. The minimum absolute atomic E-state index is 0.604. The molecule has 19 heavy (non-hydrogen) atoms. The Hall–Kier alpha value is -1.48. The highest BCUT2D eigenvalue weighted by Crippen LogP contribution is 2.28. The predicted octanol–water partition coefficient (Wildman–Crippen LogP) is 3.63. The van der Waals surface area contributed by atoms with Gasteiger partial charge in [0.15, 0.2) is 5.82 Å². The second kappa shape index (κ2) is 5.25. The van der Waals surface area contributed by atoms with Crippen molar-refractivity contribution in [2.45, 2.75) is 39.0 Å². The molecule has 0 N–H and O–H groups in total. The van der Waals surface area contributed by atoms with E-state index in [0.29, 0.717) is 11.0 Å². The lowest BCUT2D eigenvalue weighted by Crippen LogP contribution is -2.09. The number of hydrogen-bond donors (Lipinski definition) is 0. The van der Waals surface area contributed by atoms with Crippen LogP contribution in [-0.2, 0) is 19.3 Å². The molecule has 0 unspecified atom stereocenters. The van der Waals surface area contributed by atoms with Gasteiger partial charge in [-0.25, -0.2) is 9.97 Å². The molecule has 0 fully saturated rings. The summed E-state index contributed by atoms with van der Waals surface area (Å²) in [6, 6.07) is 4.02. The van der Waals surface area contributed by atoms with E-state index in [1.54, 1.807) is 6.20 Å². The molecule has 0 amide bonds. The Kier molecular flexibility index (Phi) is 3.47. The van der Waals surface area contributed by atoms with E-state index in [1.807, 2.05) is 6.07 Å². The van der Waals surface area contributed by atoms with Crippen LogP contribution < -0.4 is 0 Å². The van der Waals surface area contributed by atoms with Crippen molar-refractivity contribution in [1.82, 2.24) is 15.0 Å². The summed E-state index contributed by atoms with van der Waals surface area (Å²) in [6.45, 7) is 2.11. The van der Waals surface area contributed by atoms with Gasteiger partial charge >= 0.3 is 0 Å². The zero-order valence-electron chi connectivity index (χ0n) is 11.0. The van der Waals surface area contributed by atoms with Gasteiger partial charge in [-0.05, 0) is 43.7 Å². The molecule has 4 heteroatoms. The van der Waals surface area contributed by atoms with Crippen molar-refractivity contribution in [3.8, 4) is 11.5 Å². The van der Waals surface area contributed by atoms with Crippen molar-refractivity contribution < 1.29 is 0 Å². The Labute approximate surface area is 118 Å². The number of hydrogen-bond acceptors (Lipinski definition) is 3. The molecule has 0 aliphatic heterocycles. The predicted molar refractivity (Wildman–Crippen MR) is 76.3 cm³/mol. The first-order valence-corrected chi connectivity index (χ1v) is 7.17. The SMILES string of the molecule is CCc1cccnc1-c1nc(Cl)c2c(n1)CCCC2. The summed E-state index contributed by atoms with van der Waals surface area (Å²) < 4.78 is 0. The van der Waals surface area contributed by atoms with E-state index in [2.05, 4.69) is 23.0 Å². The normalized spacial score (nSPS) is 14.2. The Morgan fingerprint density at radius 2 is 2.05 bits per heavy atom. The molecule has 2 aromatic rings. The van der Waals surface area contributed by atoms with Crippen LogP contribution in [0.15, 0.2) is 18.3 Å². The van der Waals surface area contributed by atoms with E-state index < -0.39 is 0 Å². The summed E-state index contributed by atoms with van der Waals surface area (Å²) in [5.41, 5.74) is 4.26. The summed E-state index contributed by atoms with van der Waals surface area (Å²) in [4.78, 5) is 13.6. The number of halogens is 1. The Balaban J connectivity index is 2.13. The highest BCUT2D eigenvalue weighted by atomic mass is 35.5. The molecule has 0 aromatic carbocycles. The Morgan fingerprint density at radius 1 is 1.21 bits per heavy atom. The van der Waals surface area contributed by atoms with Gasteiger partial charge in [-0.3, -0.25) is 4.98 Å². The third-order valence-corrected chi connectivity index (χ3v) is 3.93. The van der Waals surface area contributed by atoms with Gasteiger partial charge in [0.1, 0.15) is 10.8 Å². The molecular formula is C15H16ClN3. The van der Waals surface area contributed by atoms with E-state index in [0.717, 1.165) is 41.8 Å². The molecule has 0 bridgehead atoms. The molecule has 3 rings (SSSR count). The van der Waals surface area contributed by atoms with Gasteiger partial charge in [-0.15, -0.1) is 0 Å². The maximum atomic E-state index is 6.31. The quantitative estimate of drug-likeness (QED) is 0.784. The van der Waals surface area contributed by atoms with Gasteiger partial charge in [0.2, 0.25) is 0 Å². The van der Waals surface area contributed by atoms with Crippen LogP contribution in [-0.4, -0.2) is 15.0 Å². The third-order valence-electron chi connectivity index (χ3n) is 3.62. The van der Waals surface area contributed by atoms with Crippen LogP contribution in [0, 0.1) is 0 Å². The van der Waals surface area contributed by atoms with Crippen LogP contribution >= 0.6 is 11.6 Å². The summed E-state index contributed by atoms with van der Waals surface area (Å²) in [7, 11) is 0. The minimum Gasteiger partial charge on any atom is -0.253 e. The fourth-order valence-corrected chi connectivity index (χ4v) is 2.86. The van der Waals surface area contributed by atoms with Gasteiger partial charge in [0.25, 0.3) is 0 Å². The number of nitrogens with zero attached hydrogens (tertiary/aromatic N) is 3. The highest BCUT2D eigenvalue weighted by Gasteiger charge is 2.18. The number of aromatic nitrogens is 3. The average molecular weight is 274 g/mol. The fraction of sp³-hybridized carbons (Fsp3) is 0.400. The lowest BCUT2D eigenvalue weighted by Gasteiger charge is -2.16. The van der Waals surface area contributed by atoms with Crippen LogP contribution in [0.4, 0.5) is 0 Å². The molecule has 0 atom stereocenters. The summed E-state index contributed by atoms with van der Waals surface area (Å²) in [6.07, 6.45) is 7.06. The number of aryl methyl sites for hydroxylation is 2. The second-order valence-corrected chi connectivity index (χ2v) is 5.19. The van der Waals surface area contributed by atoms with Crippen molar-refractivity contribution in [2.24, 2.45) is 0 Å². The van der Waals surface area contributed by atoms with E-state index in [9.17, 15) is 0 Å². The lowest BCUT2D eigenvalue weighted by atomic mass is 9.97. The molecule has 0 saturated carbocycles. The molecule has 98 valence electrons. The van der Waals surface area contributed by atoms with Gasteiger partial charge in [0.05, 0.1) is 0 Å². The summed E-state index contributed by atoms with van der Waals surface area (Å²) in [5, 5.41) is 0.604. The van der Waals surface area contributed by atoms with Crippen LogP contribution in [0.1, 0.15) is 36.6 Å². The second-order valence-electron chi connectivity index (χ2n) is 4.84.